The van der Waals surface area contributed by atoms with Crippen LogP contribution in [0.2, 0.25) is 0 Å². The molecule has 144 valence electrons. The van der Waals surface area contributed by atoms with Crippen LogP contribution in [0.4, 0.5) is 8.78 Å². The molecule has 0 saturated carbocycles. The first-order valence-corrected chi connectivity index (χ1v) is 9.28. The molecule has 0 saturated heterocycles. The molecule has 1 aromatic heterocycles. The highest BCUT2D eigenvalue weighted by molar-refractivity contribution is 7.10. The zero-order valence-electron chi connectivity index (χ0n) is 14.5. The number of nitrogens with zero attached hydrogens (tertiary/aromatic N) is 1. The summed E-state index contributed by atoms with van der Waals surface area (Å²) in [7, 11) is 1.46. The molecule has 2 aliphatic rings. The van der Waals surface area contributed by atoms with E-state index in [1.54, 1.807) is 13.0 Å². The number of carboxylic acids is 1. The molecule has 1 aromatic rings. The Labute approximate surface area is 163 Å². The van der Waals surface area contributed by atoms with Gasteiger partial charge in [0.25, 0.3) is 12.3 Å². The van der Waals surface area contributed by atoms with Gasteiger partial charge in [0.15, 0.2) is 0 Å². The van der Waals surface area contributed by atoms with Crippen LogP contribution in [0.5, 0.6) is 0 Å². The summed E-state index contributed by atoms with van der Waals surface area (Å²) in [6.07, 6.45) is -0.847. The predicted octanol–water partition coefficient (Wildman–Crippen LogP) is 4.69. The Hall–Kier alpha value is -2.19. The van der Waals surface area contributed by atoms with Crippen LogP contribution in [0.1, 0.15) is 41.4 Å². The zero-order chi connectivity index (χ0) is 19.9. The molecule has 3 rings (SSSR count). The maximum absolute atomic E-state index is 13.0. The van der Waals surface area contributed by atoms with Crippen molar-refractivity contribution < 1.29 is 28.2 Å². The number of carbonyl (C=O) groups is 2. The number of alkyl halides is 2. The van der Waals surface area contributed by atoms with Crippen LogP contribution in [0.3, 0.4) is 0 Å². The SMILES string of the molecule is COC1=CCC2C(=C1Cl)C(CC(=O)O)=C(C)N2C(=O)c1csc(C(F)F)c1. The quantitative estimate of drug-likeness (QED) is 0.757. The van der Waals surface area contributed by atoms with Crippen molar-refractivity contribution in [2.45, 2.75) is 32.2 Å². The van der Waals surface area contributed by atoms with Crippen LogP contribution in [0.25, 0.3) is 0 Å². The van der Waals surface area contributed by atoms with E-state index in [-0.39, 0.29) is 21.9 Å². The molecule has 1 atom stereocenters. The average molecular weight is 416 g/mol. The first-order valence-electron chi connectivity index (χ1n) is 8.02. The van der Waals surface area contributed by atoms with E-state index in [1.165, 1.54) is 23.5 Å². The summed E-state index contributed by atoms with van der Waals surface area (Å²) in [6.45, 7) is 1.64. The molecule has 1 aliphatic heterocycles. The van der Waals surface area contributed by atoms with Crippen molar-refractivity contribution in [1.29, 1.82) is 0 Å². The molecule has 1 amide bonds. The number of carboxylic acid groups (broad SMARTS) is 1. The molecule has 2 heterocycles. The van der Waals surface area contributed by atoms with Crippen LogP contribution in [-0.4, -0.2) is 35.0 Å². The highest BCUT2D eigenvalue weighted by atomic mass is 35.5. The minimum atomic E-state index is -2.65. The fourth-order valence-electron chi connectivity index (χ4n) is 3.41. The Morgan fingerprint density at radius 3 is 2.74 bits per heavy atom. The fraction of sp³-hybridized carbons (Fsp3) is 0.333. The molecule has 0 aromatic carbocycles. The van der Waals surface area contributed by atoms with Gasteiger partial charge in [-0.2, -0.15) is 0 Å². The summed E-state index contributed by atoms with van der Waals surface area (Å²) in [5.41, 5.74) is 1.57. The number of allylic oxidation sites excluding steroid dienone is 2. The largest absolute Gasteiger partial charge is 0.496 e. The van der Waals surface area contributed by atoms with Gasteiger partial charge >= 0.3 is 5.97 Å². The van der Waals surface area contributed by atoms with Crippen molar-refractivity contribution >= 4 is 34.8 Å². The second-order valence-electron chi connectivity index (χ2n) is 6.10. The Morgan fingerprint density at radius 2 is 2.19 bits per heavy atom. The van der Waals surface area contributed by atoms with Crippen molar-refractivity contribution in [1.82, 2.24) is 4.90 Å². The minimum absolute atomic E-state index is 0.142. The lowest BCUT2D eigenvalue weighted by molar-refractivity contribution is -0.136. The molecule has 1 unspecified atom stereocenters. The molecule has 0 radical (unpaired) electrons. The van der Waals surface area contributed by atoms with Gasteiger partial charge in [0.05, 0.1) is 35.0 Å². The Kier molecular flexibility index (Phi) is 5.39. The van der Waals surface area contributed by atoms with Crippen LogP contribution in [-0.2, 0) is 9.53 Å². The third kappa shape index (κ3) is 3.39. The summed E-state index contributed by atoms with van der Waals surface area (Å²) in [6, 6.07) is 0.679. The Morgan fingerprint density at radius 1 is 1.48 bits per heavy atom. The third-order valence-electron chi connectivity index (χ3n) is 4.60. The first-order chi connectivity index (χ1) is 12.8. The summed E-state index contributed by atoms with van der Waals surface area (Å²) >= 11 is 7.23. The van der Waals surface area contributed by atoms with E-state index < -0.39 is 24.3 Å². The van der Waals surface area contributed by atoms with Crippen LogP contribution in [0.15, 0.2) is 45.2 Å². The number of amides is 1. The van der Waals surface area contributed by atoms with Gasteiger partial charge in [-0.25, -0.2) is 8.78 Å². The molecule has 0 spiro atoms. The third-order valence-corrected chi connectivity index (χ3v) is 5.93. The van der Waals surface area contributed by atoms with Crippen LogP contribution >= 0.6 is 22.9 Å². The van der Waals surface area contributed by atoms with Gasteiger partial charge in [-0.3, -0.25) is 9.59 Å². The van der Waals surface area contributed by atoms with E-state index in [9.17, 15) is 23.5 Å². The second-order valence-corrected chi connectivity index (χ2v) is 7.42. The first kappa shape index (κ1) is 19.6. The van der Waals surface area contributed by atoms with E-state index in [2.05, 4.69) is 0 Å². The molecular formula is C18H16ClF2NO4S. The van der Waals surface area contributed by atoms with Gasteiger partial charge in [0.2, 0.25) is 0 Å². The second kappa shape index (κ2) is 7.44. The zero-order valence-corrected chi connectivity index (χ0v) is 16.0. The van der Waals surface area contributed by atoms with Crippen molar-refractivity contribution in [3.8, 4) is 0 Å². The Balaban J connectivity index is 2.05. The molecule has 5 nitrogen and oxygen atoms in total. The van der Waals surface area contributed by atoms with E-state index in [1.807, 2.05) is 0 Å². The normalized spacial score (nSPS) is 19.6. The number of ether oxygens (including phenoxy) is 1. The summed E-state index contributed by atoms with van der Waals surface area (Å²) in [5, 5.41) is 10.9. The van der Waals surface area contributed by atoms with E-state index in [4.69, 9.17) is 16.3 Å². The number of aliphatic carboxylic acids is 1. The predicted molar refractivity (Wildman–Crippen MR) is 96.8 cm³/mol. The molecular weight excluding hydrogens is 400 g/mol. The molecule has 9 heteroatoms. The minimum Gasteiger partial charge on any atom is -0.496 e. The number of halogens is 3. The number of carbonyl (C=O) groups excluding carboxylic acids is 1. The number of hydrogen-bond acceptors (Lipinski definition) is 4. The monoisotopic (exact) mass is 415 g/mol. The van der Waals surface area contributed by atoms with E-state index in [0.29, 0.717) is 29.0 Å². The summed E-state index contributed by atoms with van der Waals surface area (Å²) in [5.74, 6) is -1.10. The van der Waals surface area contributed by atoms with Gasteiger partial charge in [-0.05, 0) is 31.1 Å². The summed E-state index contributed by atoms with van der Waals surface area (Å²) < 4.78 is 31.0. The van der Waals surface area contributed by atoms with Crippen molar-refractivity contribution in [2.75, 3.05) is 7.11 Å². The highest BCUT2D eigenvalue weighted by Gasteiger charge is 2.42. The van der Waals surface area contributed by atoms with Crippen molar-refractivity contribution in [3.63, 3.8) is 0 Å². The van der Waals surface area contributed by atoms with Gasteiger partial charge < -0.3 is 14.7 Å². The highest BCUT2D eigenvalue weighted by Crippen LogP contribution is 2.45. The number of methoxy groups -OCH3 is 1. The number of hydrogen-bond donors (Lipinski definition) is 1. The van der Waals surface area contributed by atoms with Crippen molar-refractivity contribution in [3.05, 3.63) is 55.6 Å². The fourth-order valence-corrected chi connectivity index (χ4v) is 4.53. The lowest BCUT2D eigenvalue weighted by Crippen LogP contribution is -2.36. The number of rotatable bonds is 5. The van der Waals surface area contributed by atoms with E-state index in [0.717, 1.165) is 11.3 Å². The van der Waals surface area contributed by atoms with Gasteiger partial charge in [-0.1, -0.05) is 11.6 Å². The number of thiophene rings is 1. The average Bonchev–Trinajstić information content (AvgIpc) is 3.19. The Bertz CT molecular complexity index is 903. The molecule has 27 heavy (non-hydrogen) atoms. The van der Waals surface area contributed by atoms with Crippen LogP contribution in [0, 0.1) is 0 Å². The van der Waals surface area contributed by atoms with Crippen LogP contribution < -0.4 is 0 Å². The lowest BCUT2D eigenvalue weighted by atomic mass is 9.92. The molecule has 0 bridgehead atoms. The maximum Gasteiger partial charge on any atom is 0.307 e. The molecule has 1 N–H and O–H groups in total. The van der Waals surface area contributed by atoms with Crippen molar-refractivity contribution in [2.24, 2.45) is 0 Å². The van der Waals surface area contributed by atoms with E-state index >= 15 is 0 Å². The number of fused-ring (bicyclic) bond motifs is 1. The van der Waals surface area contributed by atoms with Gasteiger partial charge in [0, 0.05) is 16.7 Å². The lowest BCUT2D eigenvalue weighted by Gasteiger charge is -2.29. The van der Waals surface area contributed by atoms with Gasteiger partial charge in [-0.15, -0.1) is 11.3 Å². The standard InChI is InChI=1S/C18H16ClF2NO4S/c1-8-10(6-14(23)24)15-11(3-4-12(26-2)16(15)19)22(8)18(25)9-5-13(17(20)21)27-7-9/h4-5,7,11,17H,3,6H2,1-2H3,(H,23,24). The molecule has 0 fully saturated rings. The van der Waals surface area contributed by atoms with Gasteiger partial charge in [0.1, 0.15) is 5.76 Å². The summed E-state index contributed by atoms with van der Waals surface area (Å²) in [4.78, 5) is 25.6. The maximum atomic E-state index is 13.0. The topological polar surface area (TPSA) is 66.8 Å². The molecule has 1 aliphatic carbocycles. The smallest absolute Gasteiger partial charge is 0.307 e.